The Labute approximate surface area is 170 Å². The van der Waals surface area contributed by atoms with E-state index in [1.54, 1.807) is 11.3 Å². The van der Waals surface area contributed by atoms with Crippen LogP contribution >= 0.6 is 11.3 Å². The van der Waals surface area contributed by atoms with Gasteiger partial charge in [0.2, 0.25) is 0 Å². The molecule has 1 amide bonds. The summed E-state index contributed by atoms with van der Waals surface area (Å²) in [5.74, 6) is 0.482. The zero-order valence-electron chi connectivity index (χ0n) is 16.6. The summed E-state index contributed by atoms with van der Waals surface area (Å²) in [6, 6.07) is 4.27. The molecule has 2 aliphatic rings. The lowest BCUT2D eigenvalue weighted by Gasteiger charge is -2.37. The van der Waals surface area contributed by atoms with Crippen molar-refractivity contribution in [1.82, 2.24) is 14.8 Å². The van der Waals surface area contributed by atoms with E-state index >= 15 is 0 Å². The molecule has 2 atom stereocenters. The van der Waals surface area contributed by atoms with Gasteiger partial charge in [-0.1, -0.05) is 0 Å². The van der Waals surface area contributed by atoms with Crippen LogP contribution in [0.4, 0.5) is 0 Å². The fourth-order valence-corrected chi connectivity index (χ4v) is 5.29. The van der Waals surface area contributed by atoms with Crippen molar-refractivity contribution in [2.45, 2.75) is 26.3 Å². The molecule has 2 aliphatic heterocycles. The summed E-state index contributed by atoms with van der Waals surface area (Å²) in [7, 11) is 0. The Kier molecular flexibility index (Phi) is 6.16. The first kappa shape index (κ1) is 19.6. The van der Waals surface area contributed by atoms with Crippen LogP contribution in [0, 0.1) is 19.8 Å². The molecular formula is C21H29N3O3S. The number of aromatic nitrogens is 1. The lowest BCUT2D eigenvalue weighted by molar-refractivity contribution is 0.00166. The van der Waals surface area contributed by atoms with Crippen molar-refractivity contribution in [2.24, 2.45) is 5.92 Å². The van der Waals surface area contributed by atoms with Gasteiger partial charge in [0, 0.05) is 55.5 Å². The van der Waals surface area contributed by atoms with E-state index in [1.807, 2.05) is 36.0 Å². The zero-order chi connectivity index (χ0) is 19.5. The van der Waals surface area contributed by atoms with Crippen molar-refractivity contribution in [3.63, 3.8) is 0 Å². The molecule has 2 unspecified atom stereocenters. The van der Waals surface area contributed by atoms with Gasteiger partial charge in [-0.2, -0.15) is 0 Å². The highest BCUT2D eigenvalue weighted by molar-refractivity contribution is 7.15. The van der Waals surface area contributed by atoms with Crippen LogP contribution < -0.4 is 5.32 Å². The Morgan fingerprint density at radius 1 is 1.21 bits per heavy atom. The molecule has 2 saturated heterocycles. The number of nitrogens with zero attached hydrogens (tertiary/aromatic N) is 2. The number of carbonyl (C=O) groups excluding carboxylic acids is 1. The van der Waals surface area contributed by atoms with Gasteiger partial charge in [0.05, 0.1) is 25.4 Å². The Morgan fingerprint density at radius 3 is 2.64 bits per heavy atom. The molecule has 7 heteroatoms. The van der Waals surface area contributed by atoms with Crippen molar-refractivity contribution in [3.8, 4) is 5.00 Å². The largest absolute Gasteiger partial charge is 0.381 e. The molecule has 0 aromatic carbocycles. The fraction of sp³-hybridized carbons (Fsp3) is 0.571. The molecule has 2 aromatic rings. The molecule has 28 heavy (non-hydrogen) atoms. The Hall–Kier alpha value is -1.67. The highest BCUT2D eigenvalue weighted by Crippen LogP contribution is 2.31. The van der Waals surface area contributed by atoms with E-state index in [0.717, 1.165) is 62.1 Å². The quantitative estimate of drug-likeness (QED) is 0.806. The predicted molar refractivity (Wildman–Crippen MR) is 111 cm³/mol. The third-order valence-electron chi connectivity index (χ3n) is 5.93. The highest BCUT2D eigenvalue weighted by atomic mass is 32.1. The number of hydrogen-bond donors (Lipinski definition) is 1. The molecule has 4 rings (SSSR count). The van der Waals surface area contributed by atoms with E-state index in [1.165, 1.54) is 4.88 Å². The first-order valence-corrected chi connectivity index (χ1v) is 10.9. The number of amides is 1. The maximum atomic E-state index is 13.2. The average molecular weight is 404 g/mol. The summed E-state index contributed by atoms with van der Waals surface area (Å²) in [6.07, 6.45) is 5.05. The first-order valence-electron chi connectivity index (χ1n) is 10.1. The van der Waals surface area contributed by atoms with Crippen LogP contribution in [0.5, 0.6) is 0 Å². The summed E-state index contributed by atoms with van der Waals surface area (Å²) >= 11 is 1.67. The molecule has 152 valence electrons. The predicted octanol–water partition coefficient (Wildman–Crippen LogP) is 2.62. The third kappa shape index (κ3) is 4.03. The number of morpholine rings is 1. The SMILES string of the molecule is Cc1sc(-n2cccc2)c(C(=O)NCC(C2CCOC2)N2CCOCC2)c1C. The average Bonchev–Trinajstić information content (AvgIpc) is 3.46. The van der Waals surface area contributed by atoms with Gasteiger partial charge in [0.25, 0.3) is 5.91 Å². The Balaban J connectivity index is 1.51. The van der Waals surface area contributed by atoms with Gasteiger partial charge in [-0.3, -0.25) is 9.69 Å². The van der Waals surface area contributed by atoms with E-state index < -0.39 is 0 Å². The molecule has 2 aromatic heterocycles. The van der Waals surface area contributed by atoms with Gasteiger partial charge in [-0.25, -0.2) is 0 Å². The van der Waals surface area contributed by atoms with Gasteiger partial charge in [-0.05, 0) is 38.0 Å². The van der Waals surface area contributed by atoms with Crippen LogP contribution in [0.3, 0.4) is 0 Å². The van der Waals surface area contributed by atoms with Crippen LogP contribution in [-0.2, 0) is 9.47 Å². The number of rotatable bonds is 6. The number of aryl methyl sites for hydroxylation is 1. The molecule has 1 N–H and O–H groups in total. The van der Waals surface area contributed by atoms with Gasteiger partial charge >= 0.3 is 0 Å². The molecule has 4 heterocycles. The van der Waals surface area contributed by atoms with E-state index in [-0.39, 0.29) is 5.91 Å². The van der Waals surface area contributed by atoms with E-state index in [9.17, 15) is 4.79 Å². The summed E-state index contributed by atoms with van der Waals surface area (Å²) in [4.78, 5) is 16.8. The van der Waals surface area contributed by atoms with E-state index in [0.29, 0.717) is 18.5 Å². The van der Waals surface area contributed by atoms with Crippen molar-refractivity contribution in [3.05, 3.63) is 40.5 Å². The summed E-state index contributed by atoms with van der Waals surface area (Å²) in [6.45, 7) is 9.73. The standard InChI is InChI=1S/C21H29N3O3S/c1-15-16(2)28-21(24-6-3-4-7-24)19(15)20(25)22-13-18(17-5-10-27-14-17)23-8-11-26-12-9-23/h3-4,6-7,17-18H,5,8-14H2,1-2H3,(H,22,25). The van der Waals surface area contributed by atoms with Crippen molar-refractivity contribution in [1.29, 1.82) is 0 Å². The van der Waals surface area contributed by atoms with Crippen molar-refractivity contribution < 1.29 is 14.3 Å². The van der Waals surface area contributed by atoms with Crippen LogP contribution in [0.15, 0.2) is 24.5 Å². The normalized spacial score (nSPS) is 21.7. The van der Waals surface area contributed by atoms with Gasteiger partial charge in [-0.15, -0.1) is 11.3 Å². The molecule has 2 fully saturated rings. The van der Waals surface area contributed by atoms with Gasteiger partial charge < -0.3 is 19.4 Å². The molecule has 0 aliphatic carbocycles. The fourth-order valence-electron chi connectivity index (χ4n) is 4.17. The molecular weight excluding hydrogens is 374 g/mol. The Morgan fingerprint density at radius 2 is 1.96 bits per heavy atom. The van der Waals surface area contributed by atoms with E-state index in [2.05, 4.69) is 17.1 Å². The lowest BCUT2D eigenvalue weighted by Crippen LogP contribution is -2.52. The maximum absolute atomic E-state index is 13.2. The van der Waals surface area contributed by atoms with Crippen LogP contribution in [0.2, 0.25) is 0 Å². The number of hydrogen-bond acceptors (Lipinski definition) is 5. The molecule has 0 saturated carbocycles. The zero-order valence-corrected chi connectivity index (χ0v) is 17.5. The minimum absolute atomic E-state index is 0.0164. The Bertz CT molecular complexity index is 790. The maximum Gasteiger partial charge on any atom is 0.254 e. The smallest absolute Gasteiger partial charge is 0.254 e. The van der Waals surface area contributed by atoms with Gasteiger partial charge in [0.15, 0.2) is 0 Å². The monoisotopic (exact) mass is 403 g/mol. The highest BCUT2D eigenvalue weighted by Gasteiger charge is 2.32. The second-order valence-electron chi connectivity index (χ2n) is 7.60. The second-order valence-corrected chi connectivity index (χ2v) is 8.81. The summed E-state index contributed by atoms with van der Waals surface area (Å²) in [5.41, 5.74) is 1.86. The number of carbonyl (C=O) groups is 1. The summed E-state index contributed by atoms with van der Waals surface area (Å²) < 4.78 is 13.2. The van der Waals surface area contributed by atoms with E-state index in [4.69, 9.17) is 9.47 Å². The minimum atomic E-state index is 0.0164. The number of thiophene rings is 1. The van der Waals surface area contributed by atoms with Crippen molar-refractivity contribution >= 4 is 17.2 Å². The van der Waals surface area contributed by atoms with Crippen LogP contribution in [0.1, 0.15) is 27.2 Å². The topological polar surface area (TPSA) is 55.7 Å². The number of nitrogens with one attached hydrogen (secondary N) is 1. The molecule has 0 spiro atoms. The summed E-state index contributed by atoms with van der Waals surface area (Å²) in [5, 5.41) is 4.24. The molecule has 6 nitrogen and oxygen atoms in total. The van der Waals surface area contributed by atoms with Crippen LogP contribution in [-0.4, -0.2) is 67.5 Å². The molecule has 0 bridgehead atoms. The first-order chi connectivity index (χ1) is 13.6. The minimum Gasteiger partial charge on any atom is -0.381 e. The van der Waals surface area contributed by atoms with Gasteiger partial charge in [0.1, 0.15) is 5.00 Å². The second kappa shape index (κ2) is 8.78. The molecule has 0 radical (unpaired) electrons. The number of ether oxygens (including phenoxy) is 2. The van der Waals surface area contributed by atoms with Crippen molar-refractivity contribution in [2.75, 3.05) is 46.1 Å². The lowest BCUT2D eigenvalue weighted by atomic mass is 9.96. The third-order valence-corrected chi connectivity index (χ3v) is 7.15. The van der Waals surface area contributed by atoms with Crippen LogP contribution in [0.25, 0.3) is 5.00 Å².